The van der Waals surface area contributed by atoms with Crippen LogP contribution >= 0.6 is 11.8 Å². The Balaban J connectivity index is 1.46. The van der Waals surface area contributed by atoms with E-state index in [9.17, 15) is 13.2 Å². The summed E-state index contributed by atoms with van der Waals surface area (Å²) >= 11 is 1.55. The molecule has 2 aromatic rings. The van der Waals surface area contributed by atoms with E-state index in [1.165, 1.54) is 18.3 Å². The number of nitrogens with one attached hydrogen (secondary N) is 1. The van der Waals surface area contributed by atoms with Gasteiger partial charge in [-0.05, 0) is 61.9 Å². The molecular weight excluding hydrogens is 418 g/mol. The van der Waals surface area contributed by atoms with E-state index in [1.807, 2.05) is 6.26 Å². The molecule has 6 nitrogen and oxygen atoms in total. The van der Waals surface area contributed by atoms with Crippen molar-refractivity contribution in [2.75, 3.05) is 37.8 Å². The standard InChI is InChI=1S/C22H29N3O3S2/c1-17-15-18-7-4-5-8-21(18)25(17)14-6-13-23-22(26)16-24(2)30(27,28)20-11-9-19(29-3)10-12-20/h4-5,7-12,17H,6,13-16H2,1-3H3,(H,23,26). The molecule has 1 aliphatic heterocycles. The van der Waals surface area contributed by atoms with E-state index >= 15 is 0 Å². The van der Waals surface area contributed by atoms with Crippen LogP contribution in [-0.2, 0) is 21.2 Å². The first kappa shape index (κ1) is 22.7. The molecule has 0 radical (unpaired) electrons. The molecule has 0 aliphatic carbocycles. The van der Waals surface area contributed by atoms with Gasteiger partial charge in [0.2, 0.25) is 15.9 Å². The lowest BCUT2D eigenvalue weighted by Crippen LogP contribution is -2.39. The second-order valence-electron chi connectivity index (χ2n) is 7.52. The number of hydrogen-bond acceptors (Lipinski definition) is 5. The number of fused-ring (bicyclic) bond motifs is 1. The van der Waals surface area contributed by atoms with Crippen LogP contribution in [-0.4, -0.2) is 57.6 Å². The van der Waals surface area contributed by atoms with Crippen molar-refractivity contribution in [3.63, 3.8) is 0 Å². The average Bonchev–Trinajstić information content (AvgIpc) is 3.06. The van der Waals surface area contributed by atoms with Gasteiger partial charge in [-0.2, -0.15) is 4.31 Å². The van der Waals surface area contributed by atoms with Crippen molar-refractivity contribution in [3.05, 3.63) is 54.1 Å². The molecule has 1 aliphatic rings. The highest BCUT2D eigenvalue weighted by Crippen LogP contribution is 2.31. The summed E-state index contributed by atoms with van der Waals surface area (Å²) in [5.41, 5.74) is 2.64. The summed E-state index contributed by atoms with van der Waals surface area (Å²) in [7, 11) is -2.26. The minimum atomic E-state index is -3.69. The van der Waals surface area contributed by atoms with Gasteiger partial charge in [0.1, 0.15) is 0 Å². The number of nitrogens with zero attached hydrogens (tertiary/aromatic N) is 2. The zero-order valence-corrected chi connectivity index (χ0v) is 19.3. The molecule has 0 aromatic heterocycles. The molecular formula is C22H29N3O3S2. The molecule has 8 heteroatoms. The summed E-state index contributed by atoms with van der Waals surface area (Å²) in [5.74, 6) is -0.295. The molecule has 162 valence electrons. The molecule has 1 atom stereocenters. The predicted octanol–water partition coefficient (Wildman–Crippen LogP) is 2.99. The maximum Gasteiger partial charge on any atom is 0.243 e. The number of rotatable bonds is 9. The summed E-state index contributed by atoms with van der Waals surface area (Å²) in [5, 5.41) is 2.84. The van der Waals surface area contributed by atoms with E-state index in [0.717, 1.165) is 28.6 Å². The third-order valence-electron chi connectivity index (χ3n) is 5.38. The first-order valence-corrected chi connectivity index (χ1v) is 12.7. The summed E-state index contributed by atoms with van der Waals surface area (Å²) in [4.78, 5) is 15.8. The number of amides is 1. The van der Waals surface area contributed by atoms with E-state index in [2.05, 4.69) is 41.4 Å². The van der Waals surface area contributed by atoms with Crippen LogP contribution in [0.15, 0.2) is 58.3 Å². The molecule has 0 fully saturated rings. The van der Waals surface area contributed by atoms with Crippen LogP contribution in [0.25, 0.3) is 0 Å². The number of benzene rings is 2. The van der Waals surface area contributed by atoms with Crippen LogP contribution in [0, 0.1) is 0 Å². The molecule has 1 heterocycles. The molecule has 0 saturated carbocycles. The number of carbonyl (C=O) groups excluding carboxylic acids is 1. The van der Waals surface area contributed by atoms with Crippen LogP contribution < -0.4 is 10.2 Å². The maximum atomic E-state index is 12.7. The van der Waals surface area contributed by atoms with Crippen LogP contribution in [0.4, 0.5) is 5.69 Å². The maximum absolute atomic E-state index is 12.7. The molecule has 1 N–H and O–H groups in total. The number of carbonyl (C=O) groups is 1. The Hall–Kier alpha value is -2.03. The van der Waals surface area contributed by atoms with Crippen molar-refractivity contribution in [3.8, 4) is 0 Å². The first-order valence-electron chi connectivity index (χ1n) is 10.0. The smallest absolute Gasteiger partial charge is 0.243 e. The third kappa shape index (κ3) is 5.17. The van der Waals surface area contributed by atoms with Crippen LogP contribution in [0.1, 0.15) is 18.9 Å². The zero-order valence-electron chi connectivity index (χ0n) is 17.7. The lowest BCUT2D eigenvalue weighted by molar-refractivity contribution is -0.121. The molecule has 1 unspecified atom stereocenters. The van der Waals surface area contributed by atoms with Gasteiger partial charge in [0.05, 0.1) is 11.4 Å². The molecule has 0 bridgehead atoms. The molecule has 1 amide bonds. The Kier molecular flexibility index (Phi) is 7.44. The minimum absolute atomic E-state index is 0.192. The van der Waals surface area contributed by atoms with E-state index in [1.54, 1.807) is 36.0 Å². The van der Waals surface area contributed by atoms with Crippen molar-refractivity contribution in [1.29, 1.82) is 0 Å². The monoisotopic (exact) mass is 447 g/mol. The largest absolute Gasteiger partial charge is 0.368 e. The van der Waals surface area contributed by atoms with Gasteiger partial charge in [-0.1, -0.05) is 18.2 Å². The average molecular weight is 448 g/mol. The number of likely N-dealkylation sites (N-methyl/N-ethyl adjacent to an activating group) is 1. The van der Waals surface area contributed by atoms with Gasteiger partial charge in [-0.15, -0.1) is 11.8 Å². The normalized spacial score (nSPS) is 16.0. The quantitative estimate of drug-likeness (QED) is 0.473. The van der Waals surface area contributed by atoms with E-state index in [-0.39, 0.29) is 17.3 Å². The number of thioether (sulfide) groups is 1. The molecule has 3 rings (SSSR count). The number of anilines is 1. The first-order chi connectivity index (χ1) is 14.3. The Morgan fingerprint density at radius 1 is 1.20 bits per heavy atom. The third-order valence-corrected chi connectivity index (χ3v) is 7.94. The lowest BCUT2D eigenvalue weighted by atomic mass is 10.1. The fourth-order valence-corrected chi connectivity index (χ4v) is 5.25. The van der Waals surface area contributed by atoms with Crippen molar-refractivity contribution in [2.24, 2.45) is 0 Å². The fraction of sp³-hybridized carbons (Fsp3) is 0.409. The van der Waals surface area contributed by atoms with E-state index in [0.29, 0.717) is 12.6 Å². The molecule has 0 spiro atoms. The van der Waals surface area contributed by atoms with Crippen molar-refractivity contribution >= 4 is 33.4 Å². The molecule has 30 heavy (non-hydrogen) atoms. The highest BCUT2D eigenvalue weighted by atomic mass is 32.2. The second kappa shape index (κ2) is 9.85. The SMILES string of the molecule is CSc1ccc(S(=O)(=O)N(C)CC(=O)NCCCN2c3ccccc3CC2C)cc1. The highest BCUT2D eigenvalue weighted by molar-refractivity contribution is 7.98. The van der Waals surface area contributed by atoms with Crippen LogP contribution in [0.2, 0.25) is 0 Å². The summed E-state index contributed by atoms with van der Waals surface area (Å²) in [6, 6.07) is 15.6. The Labute approximate surface area is 183 Å². The van der Waals surface area contributed by atoms with Crippen molar-refractivity contribution < 1.29 is 13.2 Å². The van der Waals surface area contributed by atoms with Gasteiger partial charge in [-0.25, -0.2) is 8.42 Å². The van der Waals surface area contributed by atoms with Gasteiger partial charge in [-0.3, -0.25) is 4.79 Å². The second-order valence-corrected chi connectivity index (χ2v) is 10.4. The van der Waals surface area contributed by atoms with Gasteiger partial charge < -0.3 is 10.2 Å². The van der Waals surface area contributed by atoms with Gasteiger partial charge >= 0.3 is 0 Å². The van der Waals surface area contributed by atoms with E-state index in [4.69, 9.17) is 0 Å². The van der Waals surface area contributed by atoms with Crippen LogP contribution in [0.3, 0.4) is 0 Å². The Morgan fingerprint density at radius 2 is 1.90 bits per heavy atom. The Bertz CT molecular complexity index is 977. The van der Waals surface area contributed by atoms with E-state index < -0.39 is 10.0 Å². The molecule has 2 aromatic carbocycles. The number of para-hydroxylation sites is 1. The molecule has 0 saturated heterocycles. The Morgan fingerprint density at radius 3 is 2.60 bits per heavy atom. The minimum Gasteiger partial charge on any atom is -0.368 e. The number of sulfonamides is 1. The summed E-state index contributed by atoms with van der Waals surface area (Å²) in [6.45, 7) is 3.38. The summed E-state index contributed by atoms with van der Waals surface area (Å²) < 4.78 is 26.4. The zero-order chi connectivity index (χ0) is 21.7. The predicted molar refractivity (Wildman–Crippen MR) is 123 cm³/mol. The van der Waals surface area contributed by atoms with Gasteiger partial charge in [0, 0.05) is 36.8 Å². The summed E-state index contributed by atoms with van der Waals surface area (Å²) in [6.07, 6.45) is 3.78. The van der Waals surface area contributed by atoms with Crippen LogP contribution in [0.5, 0.6) is 0 Å². The number of hydrogen-bond donors (Lipinski definition) is 1. The lowest BCUT2D eigenvalue weighted by Gasteiger charge is -2.25. The van der Waals surface area contributed by atoms with Gasteiger partial charge in [0.25, 0.3) is 0 Å². The topological polar surface area (TPSA) is 69.7 Å². The highest BCUT2D eigenvalue weighted by Gasteiger charge is 2.25. The van der Waals surface area contributed by atoms with Crippen molar-refractivity contribution in [1.82, 2.24) is 9.62 Å². The van der Waals surface area contributed by atoms with Gasteiger partial charge in [0.15, 0.2) is 0 Å². The fourth-order valence-electron chi connectivity index (χ4n) is 3.72. The van der Waals surface area contributed by atoms with Crippen molar-refractivity contribution in [2.45, 2.75) is 35.6 Å².